The Hall–Kier alpha value is -3.69. The van der Waals surface area contributed by atoms with E-state index in [2.05, 4.69) is 10.2 Å². The number of nitro benzene ring substituents is 1. The molecule has 0 bridgehead atoms. The molecule has 0 amide bonds. The lowest BCUT2D eigenvalue weighted by Gasteiger charge is -2.06. The predicted molar refractivity (Wildman–Crippen MR) is 94.9 cm³/mol. The fourth-order valence-electron chi connectivity index (χ4n) is 2.54. The summed E-state index contributed by atoms with van der Waals surface area (Å²) in [5.74, 6) is 0.985. The van der Waals surface area contributed by atoms with Crippen molar-refractivity contribution >= 4 is 11.7 Å². The number of hydrogen-bond donors (Lipinski definition) is 0. The van der Waals surface area contributed by atoms with Crippen LogP contribution in [0.4, 0.5) is 5.69 Å². The Morgan fingerprint density at radius 3 is 2.64 bits per heavy atom. The van der Waals surface area contributed by atoms with Gasteiger partial charge in [0.2, 0.25) is 0 Å². The van der Waals surface area contributed by atoms with Gasteiger partial charge >= 0.3 is 11.7 Å². The van der Waals surface area contributed by atoms with Gasteiger partial charge in [-0.3, -0.25) is 10.1 Å². The Morgan fingerprint density at radius 2 is 2.00 bits per heavy atom. The highest BCUT2D eigenvalue weighted by molar-refractivity contribution is 5.90. The van der Waals surface area contributed by atoms with E-state index in [1.807, 2.05) is 0 Å². The minimum absolute atomic E-state index is 0.0104. The van der Waals surface area contributed by atoms with Crippen molar-refractivity contribution in [3.8, 4) is 17.2 Å². The summed E-state index contributed by atoms with van der Waals surface area (Å²) < 4.78 is 21.2. The molecule has 3 aromatic rings. The fraction of sp³-hybridized carbons (Fsp3) is 0.278. The number of aromatic nitrogens is 2. The zero-order chi connectivity index (χ0) is 20.3. The Kier molecular flexibility index (Phi) is 5.39. The summed E-state index contributed by atoms with van der Waals surface area (Å²) >= 11 is 0. The topological polar surface area (TPSA) is 131 Å². The highest BCUT2D eigenvalue weighted by Crippen LogP contribution is 2.29. The number of furan rings is 1. The Morgan fingerprint density at radius 1 is 1.21 bits per heavy atom. The van der Waals surface area contributed by atoms with Crippen molar-refractivity contribution in [3.63, 3.8) is 0 Å². The number of rotatable bonds is 7. The second kappa shape index (κ2) is 7.91. The summed E-state index contributed by atoms with van der Waals surface area (Å²) in [5, 5.41) is 18.9. The van der Waals surface area contributed by atoms with Crippen molar-refractivity contribution in [2.45, 2.75) is 27.4 Å². The van der Waals surface area contributed by atoms with E-state index in [0.717, 1.165) is 6.07 Å². The van der Waals surface area contributed by atoms with Crippen LogP contribution in [0.25, 0.3) is 11.5 Å². The van der Waals surface area contributed by atoms with Gasteiger partial charge in [-0.05, 0) is 39.0 Å². The first-order chi connectivity index (χ1) is 13.4. The molecule has 2 aromatic heterocycles. The van der Waals surface area contributed by atoms with Gasteiger partial charge in [0.1, 0.15) is 11.5 Å². The number of benzene rings is 1. The molecule has 0 aliphatic heterocycles. The van der Waals surface area contributed by atoms with Crippen molar-refractivity contribution < 1.29 is 28.0 Å². The van der Waals surface area contributed by atoms with Crippen LogP contribution in [0.5, 0.6) is 5.75 Å². The maximum Gasteiger partial charge on any atom is 0.338 e. The van der Waals surface area contributed by atoms with Crippen LogP contribution in [0.3, 0.4) is 0 Å². The van der Waals surface area contributed by atoms with Gasteiger partial charge in [-0.15, -0.1) is 10.2 Å². The van der Waals surface area contributed by atoms with E-state index in [4.69, 9.17) is 18.3 Å². The minimum Gasteiger partial charge on any atom is -0.487 e. The number of aryl methyl sites for hydroxylation is 2. The van der Waals surface area contributed by atoms with Crippen molar-refractivity contribution in [2.24, 2.45) is 0 Å². The molecule has 0 fully saturated rings. The standard InChI is InChI=1S/C18H17N3O7/c1-4-25-15-6-5-12(8-14(15)21(23)24)18(22)26-9-16-19-20-17(28-16)13-7-10(2)27-11(13)3/h5-8H,4,9H2,1-3H3. The van der Waals surface area contributed by atoms with Gasteiger partial charge in [-0.1, -0.05) is 0 Å². The maximum absolute atomic E-state index is 12.2. The van der Waals surface area contributed by atoms with Crippen molar-refractivity contribution in [1.82, 2.24) is 10.2 Å². The monoisotopic (exact) mass is 387 g/mol. The summed E-state index contributed by atoms with van der Waals surface area (Å²) in [4.78, 5) is 22.7. The molecule has 1 aromatic carbocycles. The molecule has 10 nitrogen and oxygen atoms in total. The van der Waals surface area contributed by atoms with Gasteiger partial charge in [-0.2, -0.15) is 0 Å². The number of carbonyl (C=O) groups excluding carboxylic acids is 1. The Labute approximate surface area is 159 Å². The fourth-order valence-corrected chi connectivity index (χ4v) is 2.54. The lowest BCUT2D eigenvalue weighted by atomic mass is 10.2. The third-order valence-electron chi connectivity index (χ3n) is 3.76. The van der Waals surface area contributed by atoms with Gasteiger partial charge in [0.15, 0.2) is 12.4 Å². The molecule has 3 rings (SSSR count). The third kappa shape index (κ3) is 4.00. The average Bonchev–Trinajstić information content (AvgIpc) is 3.25. The molecule has 146 valence electrons. The molecule has 0 spiro atoms. The molecule has 28 heavy (non-hydrogen) atoms. The molecule has 0 aliphatic rings. The lowest BCUT2D eigenvalue weighted by Crippen LogP contribution is -2.07. The van der Waals surface area contributed by atoms with Crippen LogP contribution in [0, 0.1) is 24.0 Å². The van der Waals surface area contributed by atoms with E-state index in [-0.39, 0.29) is 42.0 Å². The predicted octanol–water partition coefficient (Wildman–Crippen LogP) is 3.61. The summed E-state index contributed by atoms with van der Waals surface area (Å²) in [6, 6.07) is 5.60. The van der Waals surface area contributed by atoms with Crippen LogP contribution >= 0.6 is 0 Å². The zero-order valence-corrected chi connectivity index (χ0v) is 15.4. The van der Waals surface area contributed by atoms with Crippen molar-refractivity contribution in [3.05, 3.63) is 57.4 Å². The van der Waals surface area contributed by atoms with Crippen LogP contribution in [-0.4, -0.2) is 27.7 Å². The molecular formula is C18H17N3O7. The molecule has 0 unspecified atom stereocenters. The molecule has 0 saturated carbocycles. The normalized spacial score (nSPS) is 10.7. The first-order valence-electron chi connectivity index (χ1n) is 8.37. The van der Waals surface area contributed by atoms with Crippen LogP contribution in [0.15, 0.2) is 33.1 Å². The Bertz CT molecular complexity index is 1020. The summed E-state index contributed by atoms with van der Waals surface area (Å²) in [7, 11) is 0. The molecule has 0 N–H and O–H groups in total. The average molecular weight is 387 g/mol. The quantitative estimate of drug-likeness (QED) is 0.339. The summed E-state index contributed by atoms with van der Waals surface area (Å²) in [6.07, 6.45) is 0. The number of ether oxygens (including phenoxy) is 2. The largest absolute Gasteiger partial charge is 0.487 e. The van der Waals surface area contributed by atoms with E-state index in [0.29, 0.717) is 17.1 Å². The minimum atomic E-state index is -0.763. The van der Waals surface area contributed by atoms with Gasteiger partial charge < -0.3 is 18.3 Å². The molecular weight excluding hydrogens is 370 g/mol. The number of nitrogens with zero attached hydrogens (tertiary/aromatic N) is 3. The van der Waals surface area contributed by atoms with E-state index < -0.39 is 10.9 Å². The van der Waals surface area contributed by atoms with Gasteiger partial charge in [0, 0.05) is 6.07 Å². The Balaban J connectivity index is 1.70. The van der Waals surface area contributed by atoms with Crippen LogP contribution < -0.4 is 4.74 Å². The van der Waals surface area contributed by atoms with Crippen molar-refractivity contribution in [1.29, 1.82) is 0 Å². The number of esters is 1. The second-order valence-corrected chi connectivity index (χ2v) is 5.78. The lowest BCUT2D eigenvalue weighted by molar-refractivity contribution is -0.385. The van der Waals surface area contributed by atoms with E-state index in [9.17, 15) is 14.9 Å². The first kappa shape index (κ1) is 19.1. The molecule has 0 radical (unpaired) electrons. The molecule has 0 atom stereocenters. The number of nitro groups is 1. The maximum atomic E-state index is 12.2. The van der Waals surface area contributed by atoms with E-state index in [1.165, 1.54) is 12.1 Å². The molecule has 2 heterocycles. The van der Waals surface area contributed by atoms with E-state index >= 15 is 0 Å². The van der Waals surface area contributed by atoms with Gasteiger partial charge in [0.05, 0.1) is 22.7 Å². The summed E-state index contributed by atoms with van der Waals surface area (Å²) in [6.45, 7) is 5.26. The first-order valence-corrected chi connectivity index (χ1v) is 8.37. The smallest absolute Gasteiger partial charge is 0.338 e. The SMILES string of the molecule is CCOc1ccc(C(=O)OCc2nnc(-c3cc(C)oc3C)o2)cc1[N+](=O)[O-]. The van der Waals surface area contributed by atoms with Crippen LogP contribution in [0.2, 0.25) is 0 Å². The molecule has 0 aliphatic carbocycles. The molecule has 10 heteroatoms. The van der Waals surface area contributed by atoms with Gasteiger partial charge in [0.25, 0.3) is 11.8 Å². The van der Waals surface area contributed by atoms with Crippen LogP contribution in [-0.2, 0) is 11.3 Å². The molecule has 0 saturated heterocycles. The zero-order valence-electron chi connectivity index (χ0n) is 15.4. The van der Waals surface area contributed by atoms with Crippen LogP contribution in [0.1, 0.15) is 34.7 Å². The summed E-state index contributed by atoms with van der Waals surface area (Å²) in [5.41, 5.74) is 0.350. The van der Waals surface area contributed by atoms with E-state index in [1.54, 1.807) is 26.8 Å². The highest BCUT2D eigenvalue weighted by Gasteiger charge is 2.20. The third-order valence-corrected chi connectivity index (χ3v) is 3.76. The highest BCUT2D eigenvalue weighted by atomic mass is 16.6. The second-order valence-electron chi connectivity index (χ2n) is 5.78. The van der Waals surface area contributed by atoms with Gasteiger partial charge in [-0.25, -0.2) is 4.79 Å². The number of carbonyl (C=O) groups is 1. The number of hydrogen-bond acceptors (Lipinski definition) is 9. The van der Waals surface area contributed by atoms with Crippen molar-refractivity contribution in [2.75, 3.05) is 6.61 Å².